The molecule has 0 atom stereocenters. The molecule has 3 nitrogen and oxygen atoms in total. The van der Waals surface area contributed by atoms with Crippen molar-refractivity contribution in [2.45, 2.75) is 13.3 Å². The van der Waals surface area contributed by atoms with Gasteiger partial charge in [0.1, 0.15) is 5.76 Å². The summed E-state index contributed by atoms with van der Waals surface area (Å²) >= 11 is 0. The molecular weight excluding hydrogens is 156 g/mol. The van der Waals surface area contributed by atoms with Crippen molar-refractivity contribution in [2.75, 3.05) is 0 Å². The molecule has 0 bridgehead atoms. The van der Waals surface area contributed by atoms with E-state index in [2.05, 4.69) is 6.58 Å². The molecule has 0 fully saturated rings. The van der Waals surface area contributed by atoms with Crippen LogP contribution in [0.5, 0.6) is 0 Å². The lowest BCUT2D eigenvalue weighted by atomic mass is 10.4. The number of aliphatic carboxylic acids is 1. The summed E-state index contributed by atoms with van der Waals surface area (Å²) in [4.78, 5) is 9.53. The first kappa shape index (κ1) is 10.5. The zero-order chi connectivity index (χ0) is 9.40. The highest BCUT2D eigenvalue weighted by molar-refractivity contribution is 5.68. The van der Waals surface area contributed by atoms with Crippen molar-refractivity contribution in [2.24, 2.45) is 0 Å². The van der Waals surface area contributed by atoms with Crippen LogP contribution in [-0.4, -0.2) is 11.1 Å². The molecule has 0 aliphatic carbocycles. The zero-order valence-electron chi connectivity index (χ0n) is 6.99. The summed E-state index contributed by atoms with van der Waals surface area (Å²) in [6.45, 7) is 5.14. The van der Waals surface area contributed by atoms with Crippen molar-refractivity contribution in [3.05, 3.63) is 36.8 Å². The number of rotatable bonds is 2. The standard InChI is InChI=1S/C5H6O.C4H6O2/c1-5-3-2-4-6-5;1-2-3-4(5)6/h2-4H,1H3;2H,1,3H2,(H,5,6). The summed E-state index contributed by atoms with van der Waals surface area (Å²) in [5.74, 6) is 0.139. The predicted octanol–water partition coefficient (Wildman–Crippen LogP) is 2.24. The number of aryl methyl sites for hydroxylation is 1. The van der Waals surface area contributed by atoms with Gasteiger partial charge in [-0.05, 0) is 19.1 Å². The van der Waals surface area contributed by atoms with Crippen molar-refractivity contribution in [3.63, 3.8) is 0 Å². The number of carboxylic acid groups (broad SMARTS) is 1. The van der Waals surface area contributed by atoms with E-state index in [9.17, 15) is 4.79 Å². The first-order valence-corrected chi connectivity index (χ1v) is 3.49. The van der Waals surface area contributed by atoms with Gasteiger partial charge in [-0.15, -0.1) is 6.58 Å². The molecule has 1 rings (SSSR count). The molecular formula is C9H12O3. The van der Waals surface area contributed by atoms with Crippen LogP contribution in [0.1, 0.15) is 12.2 Å². The highest BCUT2D eigenvalue weighted by Crippen LogP contribution is 1.93. The number of carboxylic acids is 1. The molecule has 0 spiro atoms. The van der Waals surface area contributed by atoms with E-state index in [0.717, 1.165) is 5.76 Å². The third-order valence-corrected chi connectivity index (χ3v) is 0.982. The Morgan fingerprint density at radius 2 is 2.50 bits per heavy atom. The van der Waals surface area contributed by atoms with Gasteiger partial charge in [0.2, 0.25) is 0 Å². The van der Waals surface area contributed by atoms with Crippen LogP contribution in [0.15, 0.2) is 35.5 Å². The van der Waals surface area contributed by atoms with Gasteiger partial charge in [-0.1, -0.05) is 6.08 Å². The Morgan fingerprint density at radius 1 is 1.83 bits per heavy atom. The molecule has 0 aromatic carbocycles. The van der Waals surface area contributed by atoms with Gasteiger partial charge in [-0.2, -0.15) is 0 Å². The van der Waals surface area contributed by atoms with Crippen LogP contribution in [0.3, 0.4) is 0 Å². The second kappa shape index (κ2) is 6.22. The first-order chi connectivity index (χ1) is 5.66. The van der Waals surface area contributed by atoms with Crippen molar-refractivity contribution < 1.29 is 14.3 Å². The minimum atomic E-state index is -0.829. The average Bonchev–Trinajstić information content (AvgIpc) is 2.40. The van der Waals surface area contributed by atoms with E-state index >= 15 is 0 Å². The lowest BCUT2D eigenvalue weighted by Gasteiger charge is -1.75. The maximum Gasteiger partial charge on any atom is 0.307 e. The van der Waals surface area contributed by atoms with Gasteiger partial charge in [0, 0.05) is 0 Å². The van der Waals surface area contributed by atoms with Gasteiger partial charge in [0.05, 0.1) is 12.7 Å². The van der Waals surface area contributed by atoms with Gasteiger partial charge in [0.25, 0.3) is 0 Å². The number of furan rings is 1. The van der Waals surface area contributed by atoms with E-state index in [1.807, 2.05) is 19.1 Å². The fourth-order valence-corrected chi connectivity index (χ4v) is 0.484. The van der Waals surface area contributed by atoms with E-state index in [4.69, 9.17) is 9.52 Å². The molecule has 0 aliphatic rings. The van der Waals surface area contributed by atoms with E-state index in [0.29, 0.717) is 0 Å². The number of carbonyl (C=O) groups is 1. The summed E-state index contributed by atoms with van der Waals surface area (Å²) in [5.41, 5.74) is 0. The zero-order valence-corrected chi connectivity index (χ0v) is 6.99. The van der Waals surface area contributed by atoms with Crippen molar-refractivity contribution in [3.8, 4) is 0 Å². The maximum absolute atomic E-state index is 9.53. The molecule has 3 heteroatoms. The summed E-state index contributed by atoms with van der Waals surface area (Å²) in [6.07, 6.45) is 3.07. The fourth-order valence-electron chi connectivity index (χ4n) is 0.484. The van der Waals surface area contributed by atoms with Crippen LogP contribution in [0.25, 0.3) is 0 Å². The molecule has 0 aliphatic heterocycles. The van der Waals surface area contributed by atoms with Gasteiger partial charge < -0.3 is 9.52 Å². The molecule has 0 radical (unpaired) electrons. The monoisotopic (exact) mass is 168 g/mol. The van der Waals surface area contributed by atoms with E-state index < -0.39 is 5.97 Å². The van der Waals surface area contributed by atoms with Gasteiger partial charge in [-0.25, -0.2) is 0 Å². The lowest BCUT2D eigenvalue weighted by molar-refractivity contribution is -0.135. The minimum absolute atomic E-state index is 0.0556. The Kier molecular flexibility index (Phi) is 5.43. The van der Waals surface area contributed by atoms with Crippen LogP contribution < -0.4 is 0 Å². The Bertz CT molecular complexity index is 224. The highest BCUT2D eigenvalue weighted by atomic mass is 16.4. The van der Waals surface area contributed by atoms with E-state index in [1.54, 1.807) is 6.26 Å². The van der Waals surface area contributed by atoms with Crippen molar-refractivity contribution >= 4 is 5.97 Å². The van der Waals surface area contributed by atoms with Gasteiger partial charge in [0.15, 0.2) is 0 Å². The topological polar surface area (TPSA) is 50.4 Å². The first-order valence-electron chi connectivity index (χ1n) is 3.49. The number of hydrogen-bond acceptors (Lipinski definition) is 2. The number of hydrogen-bond donors (Lipinski definition) is 1. The molecule has 1 N–H and O–H groups in total. The molecule has 1 aromatic heterocycles. The Morgan fingerprint density at radius 3 is 2.58 bits per heavy atom. The second-order valence-electron chi connectivity index (χ2n) is 2.11. The molecule has 0 saturated carbocycles. The highest BCUT2D eigenvalue weighted by Gasteiger charge is 1.84. The molecule has 0 unspecified atom stereocenters. The molecule has 66 valence electrons. The molecule has 12 heavy (non-hydrogen) atoms. The van der Waals surface area contributed by atoms with Crippen LogP contribution in [-0.2, 0) is 4.79 Å². The Balaban J connectivity index is 0.000000202. The smallest absolute Gasteiger partial charge is 0.307 e. The Labute approximate surface area is 71.3 Å². The third kappa shape index (κ3) is 6.61. The quantitative estimate of drug-likeness (QED) is 0.689. The summed E-state index contributed by atoms with van der Waals surface area (Å²) < 4.78 is 4.83. The van der Waals surface area contributed by atoms with Crippen LogP contribution >= 0.6 is 0 Å². The van der Waals surface area contributed by atoms with Crippen LogP contribution in [0.4, 0.5) is 0 Å². The van der Waals surface area contributed by atoms with Gasteiger partial charge >= 0.3 is 5.97 Å². The normalized spacial score (nSPS) is 8.08. The van der Waals surface area contributed by atoms with Crippen molar-refractivity contribution in [1.29, 1.82) is 0 Å². The summed E-state index contributed by atoms with van der Waals surface area (Å²) in [6, 6.07) is 3.79. The molecule has 0 amide bonds. The summed E-state index contributed by atoms with van der Waals surface area (Å²) in [7, 11) is 0. The predicted molar refractivity (Wildman–Crippen MR) is 45.9 cm³/mol. The second-order valence-corrected chi connectivity index (χ2v) is 2.11. The third-order valence-electron chi connectivity index (χ3n) is 0.982. The fraction of sp³-hybridized carbons (Fsp3) is 0.222. The average molecular weight is 168 g/mol. The van der Waals surface area contributed by atoms with E-state index in [-0.39, 0.29) is 6.42 Å². The summed E-state index contributed by atoms with van der Waals surface area (Å²) in [5, 5.41) is 7.84. The van der Waals surface area contributed by atoms with Crippen LogP contribution in [0.2, 0.25) is 0 Å². The minimum Gasteiger partial charge on any atom is -0.481 e. The SMILES string of the molecule is C=CCC(=O)O.Cc1ccco1. The Hall–Kier alpha value is -1.51. The van der Waals surface area contributed by atoms with Crippen LogP contribution in [0, 0.1) is 6.92 Å². The van der Waals surface area contributed by atoms with E-state index in [1.165, 1.54) is 6.08 Å². The maximum atomic E-state index is 9.53. The van der Waals surface area contributed by atoms with Gasteiger partial charge in [-0.3, -0.25) is 4.79 Å². The molecule has 1 aromatic rings. The lowest BCUT2D eigenvalue weighted by Crippen LogP contribution is -1.88. The van der Waals surface area contributed by atoms with Crippen molar-refractivity contribution in [1.82, 2.24) is 0 Å². The molecule has 0 saturated heterocycles. The molecule has 1 heterocycles. The largest absolute Gasteiger partial charge is 0.481 e.